The molecule has 0 spiro atoms. The Morgan fingerprint density at radius 3 is 2.61 bits per heavy atom. The maximum atomic E-state index is 12.9. The van der Waals surface area contributed by atoms with Gasteiger partial charge in [0, 0.05) is 25.7 Å². The van der Waals surface area contributed by atoms with Crippen LogP contribution in [-0.2, 0) is 11.2 Å². The first-order chi connectivity index (χ1) is 13.6. The first-order valence-electron chi connectivity index (χ1n) is 10.1. The van der Waals surface area contributed by atoms with Gasteiger partial charge in [-0.3, -0.25) is 9.59 Å². The van der Waals surface area contributed by atoms with Crippen LogP contribution in [0.3, 0.4) is 0 Å². The minimum Gasteiger partial charge on any atom is -0.364 e. The number of hydrogen-bond acceptors (Lipinski definition) is 3. The molecular weight excluding hydrogens is 350 g/mol. The van der Waals surface area contributed by atoms with E-state index in [0.29, 0.717) is 18.0 Å². The van der Waals surface area contributed by atoms with Gasteiger partial charge in [0.1, 0.15) is 0 Å². The summed E-state index contributed by atoms with van der Waals surface area (Å²) in [4.78, 5) is 28.6. The van der Waals surface area contributed by atoms with E-state index >= 15 is 0 Å². The number of hydrogen-bond donors (Lipinski definition) is 1. The van der Waals surface area contributed by atoms with E-state index in [1.54, 1.807) is 0 Å². The lowest BCUT2D eigenvalue weighted by molar-refractivity contribution is -0.115. The second kappa shape index (κ2) is 8.05. The smallest absolute Gasteiger partial charge is 0.253 e. The fourth-order valence-corrected chi connectivity index (χ4v) is 4.22. The summed E-state index contributed by atoms with van der Waals surface area (Å²) in [5.74, 6) is 0.700. The monoisotopic (exact) mass is 377 g/mol. The fraction of sp³-hybridized carbons (Fsp3) is 0.391. The Kier molecular flexibility index (Phi) is 5.33. The lowest BCUT2D eigenvalue weighted by Crippen LogP contribution is -2.39. The van der Waals surface area contributed by atoms with Crippen LogP contribution < -0.4 is 10.2 Å². The summed E-state index contributed by atoms with van der Waals surface area (Å²) in [5, 5.41) is 2.88. The van der Waals surface area contributed by atoms with Gasteiger partial charge in [0.2, 0.25) is 5.91 Å². The van der Waals surface area contributed by atoms with Crippen molar-refractivity contribution in [2.75, 3.05) is 36.9 Å². The maximum absolute atomic E-state index is 12.9. The van der Waals surface area contributed by atoms with Gasteiger partial charge in [-0.2, -0.15) is 0 Å². The number of amides is 2. The van der Waals surface area contributed by atoms with Crippen LogP contribution >= 0.6 is 0 Å². The van der Waals surface area contributed by atoms with Crippen molar-refractivity contribution < 1.29 is 9.59 Å². The number of nitrogens with one attached hydrogen (secondary N) is 1. The summed E-state index contributed by atoms with van der Waals surface area (Å²) in [5.41, 5.74) is 3.72. The predicted molar refractivity (Wildman–Crippen MR) is 112 cm³/mol. The Morgan fingerprint density at radius 1 is 1.11 bits per heavy atom. The van der Waals surface area contributed by atoms with Crippen LogP contribution in [-0.4, -0.2) is 43.4 Å². The molecule has 1 saturated heterocycles. The number of carbonyl (C=O) groups is 2. The molecule has 0 bridgehead atoms. The van der Waals surface area contributed by atoms with Gasteiger partial charge in [-0.15, -0.1) is 0 Å². The molecule has 28 heavy (non-hydrogen) atoms. The van der Waals surface area contributed by atoms with E-state index in [1.807, 2.05) is 35.0 Å². The molecule has 2 heterocycles. The van der Waals surface area contributed by atoms with Gasteiger partial charge in [0.05, 0.1) is 17.9 Å². The van der Waals surface area contributed by atoms with E-state index in [9.17, 15) is 9.59 Å². The van der Waals surface area contributed by atoms with Gasteiger partial charge >= 0.3 is 0 Å². The fourth-order valence-electron chi connectivity index (χ4n) is 4.22. The second-order valence-corrected chi connectivity index (χ2v) is 7.90. The molecule has 0 unspecified atom stereocenters. The van der Waals surface area contributed by atoms with Gasteiger partial charge < -0.3 is 15.1 Å². The van der Waals surface area contributed by atoms with Crippen LogP contribution in [0.25, 0.3) is 0 Å². The minimum atomic E-state index is -0.0428. The molecule has 1 fully saturated rings. The molecule has 5 heteroatoms. The highest BCUT2D eigenvalue weighted by Gasteiger charge is 2.25. The molecule has 0 aliphatic carbocycles. The van der Waals surface area contributed by atoms with Crippen molar-refractivity contribution in [2.24, 2.45) is 5.92 Å². The Hall–Kier alpha value is -2.82. The summed E-state index contributed by atoms with van der Waals surface area (Å²) in [6.45, 7) is 1.96. The normalized spacial score (nSPS) is 17.2. The van der Waals surface area contributed by atoms with E-state index in [1.165, 1.54) is 12.0 Å². The zero-order valence-electron chi connectivity index (χ0n) is 16.4. The van der Waals surface area contributed by atoms with Gasteiger partial charge in [-0.1, -0.05) is 30.3 Å². The lowest BCUT2D eigenvalue weighted by atomic mass is 9.90. The molecule has 0 radical (unpaired) electrons. The van der Waals surface area contributed by atoms with Crippen LogP contribution in [0.15, 0.2) is 48.5 Å². The van der Waals surface area contributed by atoms with Crippen molar-refractivity contribution >= 4 is 23.2 Å². The predicted octanol–water partition coefficient (Wildman–Crippen LogP) is 3.56. The first-order valence-corrected chi connectivity index (χ1v) is 10.1. The topological polar surface area (TPSA) is 52.7 Å². The van der Waals surface area contributed by atoms with Crippen molar-refractivity contribution in [1.29, 1.82) is 0 Å². The summed E-state index contributed by atoms with van der Waals surface area (Å²) in [6, 6.07) is 16.2. The Balaban J connectivity index is 1.34. The number of likely N-dealkylation sites (N-methyl/N-ethyl adjacent to an activating group) is 1. The molecule has 4 rings (SSSR count). The van der Waals surface area contributed by atoms with Crippen LogP contribution in [0.2, 0.25) is 0 Å². The first kappa shape index (κ1) is 18.5. The number of rotatable bonds is 4. The number of aryl methyl sites for hydroxylation is 1. The molecule has 2 aliphatic heterocycles. The maximum Gasteiger partial charge on any atom is 0.253 e. The van der Waals surface area contributed by atoms with Crippen LogP contribution in [0.4, 0.5) is 11.4 Å². The van der Waals surface area contributed by atoms with E-state index in [0.717, 1.165) is 43.7 Å². The summed E-state index contributed by atoms with van der Waals surface area (Å²) < 4.78 is 0. The van der Waals surface area contributed by atoms with Gasteiger partial charge in [-0.05, 0) is 55.4 Å². The lowest BCUT2D eigenvalue weighted by Gasteiger charge is -2.33. The number of likely N-dealkylation sites (tertiary alicyclic amines) is 1. The van der Waals surface area contributed by atoms with E-state index in [4.69, 9.17) is 0 Å². The number of nitrogens with zero attached hydrogens (tertiary/aromatic N) is 2. The average molecular weight is 377 g/mol. The summed E-state index contributed by atoms with van der Waals surface area (Å²) in [6.07, 6.45) is 4.41. The van der Waals surface area contributed by atoms with Crippen LogP contribution in [0.5, 0.6) is 0 Å². The quantitative estimate of drug-likeness (QED) is 0.886. The number of carbonyl (C=O) groups excluding carboxylic acids is 2. The molecule has 2 aliphatic rings. The highest BCUT2D eigenvalue weighted by atomic mass is 16.2. The second-order valence-electron chi connectivity index (χ2n) is 7.90. The molecule has 2 aromatic carbocycles. The van der Waals surface area contributed by atoms with E-state index < -0.39 is 0 Å². The molecule has 0 atom stereocenters. The standard InChI is InChI=1S/C23H27N3O2/c1-25-16-22(27)24-20-15-19(9-10-21(20)25)23(28)26-13-11-18(12-14-26)8-7-17-5-3-2-4-6-17/h2-6,9-10,15,18H,7-8,11-14,16H2,1H3,(H,24,27). The Labute approximate surface area is 166 Å². The number of piperidine rings is 1. The highest BCUT2D eigenvalue weighted by Crippen LogP contribution is 2.30. The SMILES string of the molecule is CN1CC(=O)Nc2cc(C(=O)N3CCC(CCc4ccccc4)CC3)ccc21. The molecular formula is C23H27N3O2. The third kappa shape index (κ3) is 4.03. The molecule has 2 aromatic rings. The van der Waals surface area contributed by atoms with Gasteiger partial charge in [0.15, 0.2) is 0 Å². The number of anilines is 2. The highest BCUT2D eigenvalue weighted by molar-refractivity contribution is 6.03. The van der Waals surface area contributed by atoms with Crippen molar-refractivity contribution in [1.82, 2.24) is 4.90 Å². The van der Waals surface area contributed by atoms with Crippen molar-refractivity contribution in [2.45, 2.75) is 25.7 Å². The number of fused-ring (bicyclic) bond motifs is 1. The average Bonchev–Trinajstić information content (AvgIpc) is 2.72. The zero-order valence-corrected chi connectivity index (χ0v) is 16.4. The largest absolute Gasteiger partial charge is 0.364 e. The third-order valence-electron chi connectivity index (χ3n) is 5.90. The molecule has 0 aromatic heterocycles. The molecule has 2 amide bonds. The summed E-state index contributed by atoms with van der Waals surface area (Å²) in [7, 11) is 1.89. The molecule has 5 nitrogen and oxygen atoms in total. The molecule has 0 saturated carbocycles. The van der Waals surface area contributed by atoms with Crippen molar-refractivity contribution in [3.8, 4) is 0 Å². The van der Waals surface area contributed by atoms with E-state index in [-0.39, 0.29) is 11.8 Å². The zero-order chi connectivity index (χ0) is 19.5. The number of benzene rings is 2. The Morgan fingerprint density at radius 2 is 1.86 bits per heavy atom. The third-order valence-corrected chi connectivity index (χ3v) is 5.90. The van der Waals surface area contributed by atoms with Crippen molar-refractivity contribution in [3.63, 3.8) is 0 Å². The van der Waals surface area contributed by atoms with Crippen LogP contribution in [0.1, 0.15) is 35.2 Å². The summed E-state index contributed by atoms with van der Waals surface area (Å²) >= 11 is 0. The van der Waals surface area contributed by atoms with E-state index in [2.05, 4.69) is 35.6 Å². The molecule has 146 valence electrons. The van der Waals surface area contributed by atoms with Crippen molar-refractivity contribution in [3.05, 3.63) is 59.7 Å². The van der Waals surface area contributed by atoms with Gasteiger partial charge in [-0.25, -0.2) is 0 Å². The minimum absolute atomic E-state index is 0.0428. The van der Waals surface area contributed by atoms with Crippen LogP contribution in [0, 0.1) is 5.92 Å². The molecule has 1 N–H and O–H groups in total. The Bertz CT molecular complexity index is 857. The van der Waals surface area contributed by atoms with Gasteiger partial charge in [0.25, 0.3) is 5.91 Å².